The molecule has 0 radical (unpaired) electrons. The van der Waals surface area contributed by atoms with Crippen molar-refractivity contribution in [3.63, 3.8) is 0 Å². The van der Waals surface area contributed by atoms with E-state index in [1.54, 1.807) is 0 Å². The number of likely N-dealkylation sites (N-methyl/N-ethyl adjacent to an activating group) is 1. The van der Waals surface area contributed by atoms with Gasteiger partial charge in [-0.1, -0.05) is 37.8 Å². The van der Waals surface area contributed by atoms with Crippen LogP contribution >= 0.6 is 0 Å². The number of nitrogens with zero attached hydrogens (tertiary/aromatic N) is 4. The van der Waals surface area contributed by atoms with E-state index in [0.717, 1.165) is 13.0 Å². The van der Waals surface area contributed by atoms with Crippen LogP contribution in [0.4, 0.5) is 0 Å². The molecule has 21 heavy (non-hydrogen) atoms. The molecule has 1 heterocycles. The number of rotatable bonds is 6. The van der Waals surface area contributed by atoms with Crippen LogP contribution in [0.25, 0.3) is 0 Å². The molecule has 1 unspecified atom stereocenters. The van der Waals surface area contributed by atoms with Crippen molar-refractivity contribution in [2.45, 2.75) is 63.5 Å². The van der Waals surface area contributed by atoms with Gasteiger partial charge in [0.2, 0.25) is 0 Å². The summed E-state index contributed by atoms with van der Waals surface area (Å²) in [6, 6.07) is 0.297. The molecule has 120 valence electrons. The van der Waals surface area contributed by atoms with Crippen LogP contribution in [-0.4, -0.2) is 46.1 Å². The second-order valence-corrected chi connectivity index (χ2v) is 6.58. The average molecular weight is 293 g/mol. The molecular formula is C16H31N5. The Hall–Kier alpha value is -0.940. The van der Waals surface area contributed by atoms with Crippen LogP contribution in [0.3, 0.4) is 0 Å². The van der Waals surface area contributed by atoms with Gasteiger partial charge in [-0.25, -0.2) is 0 Å². The van der Waals surface area contributed by atoms with Gasteiger partial charge >= 0.3 is 0 Å². The SMILES string of the molecule is CCCNC(c1cnnn1C)C1(N(C)C)CCCCCC1. The molecule has 1 aliphatic rings. The van der Waals surface area contributed by atoms with E-state index in [4.69, 9.17) is 0 Å². The van der Waals surface area contributed by atoms with Gasteiger partial charge in [0, 0.05) is 12.6 Å². The van der Waals surface area contributed by atoms with Gasteiger partial charge < -0.3 is 10.2 Å². The largest absolute Gasteiger partial charge is 0.307 e. The minimum absolute atomic E-state index is 0.168. The first-order valence-corrected chi connectivity index (χ1v) is 8.37. The predicted molar refractivity (Wildman–Crippen MR) is 86.2 cm³/mol. The smallest absolute Gasteiger partial charge is 0.0772 e. The Bertz CT molecular complexity index is 418. The Balaban J connectivity index is 2.37. The van der Waals surface area contributed by atoms with E-state index >= 15 is 0 Å². The number of hydrogen-bond donors (Lipinski definition) is 1. The Morgan fingerprint density at radius 3 is 2.43 bits per heavy atom. The highest BCUT2D eigenvalue weighted by molar-refractivity contribution is 5.13. The first kappa shape index (κ1) is 16.4. The standard InChI is InChI=1S/C16H31N5/c1-5-12-17-15(14-13-18-19-21(14)4)16(20(2)3)10-8-6-7-9-11-16/h13,15,17H,5-12H2,1-4H3. The Kier molecular flexibility index (Phi) is 5.76. The predicted octanol–water partition coefficient (Wildman–Crippen LogP) is 2.51. The van der Waals surface area contributed by atoms with E-state index in [9.17, 15) is 0 Å². The molecule has 1 atom stereocenters. The summed E-state index contributed by atoms with van der Waals surface area (Å²) in [5.74, 6) is 0. The Labute approximate surface area is 129 Å². The molecule has 5 nitrogen and oxygen atoms in total. The van der Waals surface area contributed by atoms with Crippen molar-refractivity contribution < 1.29 is 0 Å². The summed E-state index contributed by atoms with van der Waals surface area (Å²) in [5.41, 5.74) is 1.38. The van der Waals surface area contributed by atoms with Crippen LogP contribution < -0.4 is 5.32 Å². The van der Waals surface area contributed by atoms with Crippen molar-refractivity contribution in [1.82, 2.24) is 25.2 Å². The van der Waals surface area contributed by atoms with Crippen LogP contribution in [-0.2, 0) is 7.05 Å². The second-order valence-electron chi connectivity index (χ2n) is 6.58. The molecule has 1 fully saturated rings. The quantitative estimate of drug-likeness (QED) is 0.819. The lowest BCUT2D eigenvalue weighted by molar-refractivity contribution is 0.0764. The Morgan fingerprint density at radius 1 is 1.29 bits per heavy atom. The summed E-state index contributed by atoms with van der Waals surface area (Å²) in [5, 5.41) is 12.1. The molecule has 0 bridgehead atoms. The van der Waals surface area contributed by atoms with E-state index in [-0.39, 0.29) is 5.54 Å². The summed E-state index contributed by atoms with van der Waals surface area (Å²) >= 11 is 0. The fourth-order valence-corrected chi connectivity index (χ4v) is 3.75. The maximum atomic E-state index is 4.16. The second kappa shape index (κ2) is 7.36. The molecule has 0 aromatic carbocycles. The lowest BCUT2D eigenvalue weighted by atomic mass is 9.79. The molecule has 1 aromatic rings. The summed E-state index contributed by atoms with van der Waals surface area (Å²) in [6.45, 7) is 3.26. The van der Waals surface area contributed by atoms with E-state index in [0.29, 0.717) is 6.04 Å². The zero-order chi connectivity index (χ0) is 15.3. The minimum Gasteiger partial charge on any atom is -0.307 e. The van der Waals surface area contributed by atoms with Crippen molar-refractivity contribution >= 4 is 0 Å². The Morgan fingerprint density at radius 2 is 1.95 bits per heavy atom. The van der Waals surface area contributed by atoms with Crippen molar-refractivity contribution in [2.75, 3.05) is 20.6 Å². The van der Waals surface area contributed by atoms with E-state index in [1.165, 1.54) is 44.2 Å². The van der Waals surface area contributed by atoms with Gasteiger partial charge in [-0.3, -0.25) is 4.68 Å². The van der Waals surface area contributed by atoms with Crippen LogP contribution in [0.15, 0.2) is 6.20 Å². The van der Waals surface area contributed by atoms with Crippen molar-refractivity contribution in [1.29, 1.82) is 0 Å². The molecule has 1 aromatic heterocycles. The highest BCUT2D eigenvalue weighted by atomic mass is 15.4. The molecule has 5 heteroatoms. The number of aromatic nitrogens is 3. The van der Waals surface area contributed by atoms with Crippen LogP contribution in [0, 0.1) is 0 Å². The fraction of sp³-hybridized carbons (Fsp3) is 0.875. The van der Waals surface area contributed by atoms with Gasteiger partial charge in [-0.2, -0.15) is 0 Å². The van der Waals surface area contributed by atoms with E-state index in [2.05, 4.69) is 41.5 Å². The maximum Gasteiger partial charge on any atom is 0.0772 e. The number of aryl methyl sites for hydroxylation is 1. The molecule has 1 N–H and O–H groups in total. The first-order chi connectivity index (χ1) is 10.1. The summed E-state index contributed by atoms with van der Waals surface area (Å²) in [7, 11) is 6.47. The lowest BCUT2D eigenvalue weighted by Crippen LogP contribution is -2.54. The van der Waals surface area contributed by atoms with Gasteiger partial charge in [-0.15, -0.1) is 5.10 Å². The summed E-state index contributed by atoms with van der Waals surface area (Å²) in [4.78, 5) is 2.44. The maximum absolute atomic E-state index is 4.16. The van der Waals surface area contributed by atoms with E-state index in [1.807, 2.05) is 17.9 Å². The topological polar surface area (TPSA) is 46.0 Å². The lowest BCUT2D eigenvalue weighted by Gasteiger charge is -2.46. The monoisotopic (exact) mass is 293 g/mol. The van der Waals surface area contributed by atoms with Gasteiger partial charge in [0.25, 0.3) is 0 Å². The minimum atomic E-state index is 0.168. The molecule has 0 amide bonds. The zero-order valence-corrected chi connectivity index (χ0v) is 14.1. The molecule has 1 aliphatic carbocycles. The number of nitrogens with one attached hydrogen (secondary N) is 1. The van der Waals surface area contributed by atoms with E-state index < -0.39 is 0 Å². The molecule has 0 aliphatic heterocycles. The molecule has 0 saturated heterocycles. The third kappa shape index (κ3) is 3.46. The summed E-state index contributed by atoms with van der Waals surface area (Å²) in [6.07, 6.45) is 10.9. The number of hydrogen-bond acceptors (Lipinski definition) is 4. The fourth-order valence-electron chi connectivity index (χ4n) is 3.75. The molecule has 1 saturated carbocycles. The highest BCUT2D eigenvalue weighted by Gasteiger charge is 2.42. The normalized spacial score (nSPS) is 20.4. The zero-order valence-electron chi connectivity index (χ0n) is 14.1. The van der Waals surface area contributed by atoms with Crippen LogP contribution in [0.2, 0.25) is 0 Å². The van der Waals surface area contributed by atoms with Gasteiger partial charge in [-0.05, 0) is 39.9 Å². The van der Waals surface area contributed by atoms with Gasteiger partial charge in [0.15, 0.2) is 0 Å². The molecule has 0 spiro atoms. The summed E-state index contributed by atoms with van der Waals surface area (Å²) < 4.78 is 1.93. The van der Waals surface area contributed by atoms with Crippen LogP contribution in [0.1, 0.15) is 63.6 Å². The average Bonchev–Trinajstić information content (AvgIpc) is 2.74. The van der Waals surface area contributed by atoms with Gasteiger partial charge in [0.05, 0.1) is 17.9 Å². The highest BCUT2D eigenvalue weighted by Crippen LogP contribution is 2.40. The first-order valence-electron chi connectivity index (χ1n) is 8.37. The molecule has 2 rings (SSSR count). The van der Waals surface area contributed by atoms with Crippen molar-refractivity contribution in [2.24, 2.45) is 7.05 Å². The third-order valence-electron chi connectivity index (χ3n) is 5.04. The molecular weight excluding hydrogens is 262 g/mol. The third-order valence-corrected chi connectivity index (χ3v) is 5.04. The van der Waals surface area contributed by atoms with Crippen molar-refractivity contribution in [3.05, 3.63) is 11.9 Å². The van der Waals surface area contributed by atoms with Crippen molar-refractivity contribution in [3.8, 4) is 0 Å². The van der Waals surface area contributed by atoms with Gasteiger partial charge in [0.1, 0.15) is 0 Å². The van der Waals surface area contributed by atoms with Crippen LogP contribution in [0.5, 0.6) is 0 Å².